The fourth-order valence-corrected chi connectivity index (χ4v) is 1.04. The minimum atomic E-state index is -0.908. The summed E-state index contributed by atoms with van der Waals surface area (Å²) in [7, 11) is 1.57. The number of methoxy groups -OCH3 is 1. The van der Waals surface area contributed by atoms with Gasteiger partial charge in [0.05, 0.1) is 6.42 Å². The fraction of sp³-hybridized carbons (Fsp3) is 0.778. The first-order chi connectivity index (χ1) is 6.56. The molecule has 0 aromatic carbocycles. The van der Waals surface area contributed by atoms with Crippen molar-refractivity contribution in [3.05, 3.63) is 0 Å². The summed E-state index contributed by atoms with van der Waals surface area (Å²) in [6.07, 6.45) is 0.982. The molecule has 5 heteroatoms. The van der Waals surface area contributed by atoms with Crippen LogP contribution in [-0.2, 0) is 14.3 Å². The first-order valence-corrected chi connectivity index (χ1v) is 4.56. The highest BCUT2D eigenvalue weighted by molar-refractivity contribution is 5.77. The van der Waals surface area contributed by atoms with Crippen molar-refractivity contribution < 1.29 is 19.4 Å². The molecule has 0 spiro atoms. The van der Waals surface area contributed by atoms with Gasteiger partial charge in [0.15, 0.2) is 0 Å². The van der Waals surface area contributed by atoms with Crippen LogP contribution in [0.4, 0.5) is 0 Å². The summed E-state index contributed by atoms with van der Waals surface area (Å²) in [6.45, 7) is 2.21. The van der Waals surface area contributed by atoms with Gasteiger partial charge in [-0.3, -0.25) is 9.59 Å². The molecule has 0 aliphatic heterocycles. The second kappa shape index (κ2) is 7.32. The maximum atomic E-state index is 11.2. The van der Waals surface area contributed by atoms with Gasteiger partial charge in [0, 0.05) is 26.2 Å². The number of rotatable bonds is 7. The summed E-state index contributed by atoms with van der Waals surface area (Å²) < 4.78 is 4.79. The Balaban J connectivity index is 3.55. The third-order valence-electron chi connectivity index (χ3n) is 1.64. The molecule has 0 aliphatic rings. The number of carbonyl (C=O) groups excluding carboxylic acids is 1. The average molecular weight is 203 g/mol. The van der Waals surface area contributed by atoms with Crippen LogP contribution in [0, 0.1) is 0 Å². The maximum Gasteiger partial charge on any atom is 0.305 e. The quantitative estimate of drug-likeness (QED) is 0.587. The van der Waals surface area contributed by atoms with Gasteiger partial charge >= 0.3 is 5.97 Å². The van der Waals surface area contributed by atoms with Crippen LogP contribution >= 0.6 is 0 Å². The van der Waals surface area contributed by atoms with E-state index in [1.165, 1.54) is 0 Å². The second-order valence-corrected chi connectivity index (χ2v) is 3.16. The standard InChI is InChI=1S/C9H17NO4/c1-7(6-9(12)13)10-8(11)4-3-5-14-2/h7H,3-6H2,1-2H3,(H,10,11)(H,12,13). The molecule has 14 heavy (non-hydrogen) atoms. The summed E-state index contributed by atoms with van der Waals surface area (Å²) in [5.41, 5.74) is 0. The number of ether oxygens (including phenoxy) is 1. The highest BCUT2D eigenvalue weighted by atomic mass is 16.5. The predicted octanol–water partition coefficient (Wildman–Crippen LogP) is 0.392. The van der Waals surface area contributed by atoms with Crippen molar-refractivity contribution >= 4 is 11.9 Å². The van der Waals surface area contributed by atoms with Crippen molar-refractivity contribution in [1.29, 1.82) is 0 Å². The third-order valence-corrected chi connectivity index (χ3v) is 1.64. The summed E-state index contributed by atoms with van der Waals surface area (Å²) in [6, 6.07) is -0.317. The van der Waals surface area contributed by atoms with E-state index < -0.39 is 5.97 Å². The Kier molecular flexibility index (Phi) is 6.74. The molecule has 0 aromatic rings. The first kappa shape index (κ1) is 12.9. The van der Waals surface area contributed by atoms with Gasteiger partial charge in [-0.15, -0.1) is 0 Å². The van der Waals surface area contributed by atoms with E-state index in [9.17, 15) is 9.59 Å². The summed E-state index contributed by atoms with van der Waals surface area (Å²) in [5, 5.41) is 11.0. The molecule has 0 aliphatic carbocycles. The zero-order valence-electron chi connectivity index (χ0n) is 8.58. The molecule has 0 bridgehead atoms. The molecule has 1 unspecified atom stereocenters. The molecular formula is C9H17NO4. The molecule has 0 heterocycles. The van der Waals surface area contributed by atoms with Gasteiger partial charge in [-0.05, 0) is 13.3 Å². The monoisotopic (exact) mass is 203 g/mol. The Labute approximate surface area is 83.4 Å². The van der Waals surface area contributed by atoms with Gasteiger partial charge in [0.25, 0.3) is 0 Å². The number of amides is 1. The van der Waals surface area contributed by atoms with Gasteiger partial charge < -0.3 is 15.2 Å². The van der Waals surface area contributed by atoms with Crippen LogP contribution in [0.15, 0.2) is 0 Å². The van der Waals surface area contributed by atoms with E-state index in [0.717, 1.165) is 0 Å². The molecule has 0 fully saturated rings. The maximum absolute atomic E-state index is 11.2. The minimum Gasteiger partial charge on any atom is -0.481 e. The van der Waals surface area contributed by atoms with Crippen LogP contribution < -0.4 is 5.32 Å². The van der Waals surface area contributed by atoms with Gasteiger partial charge in [0.2, 0.25) is 5.91 Å². The topological polar surface area (TPSA) is 75.6 Å². The van der Waals surface area contributed by atoms with E-state index in [2.05, 4.69) is 5.32 Å². The SMILES string of the molecule is COCCCC(=O)NC(C)CC(=O)O. The molecule has 0 radical (unpaired) electrons. The Hall–Kier alpha value is -1.10. The highest BCUT2D eigenvalue weighted by Crippen LogP contribution is 1.94. The zero-order chi connectivity index (χ0) is 11.0. The summed E-state index contributed by atoms with van der Waals surface area (Å²) in [4.78, 5) is 21.4. The summed E-state index contributed by atoms with van der Waals surface area (Å²) in [5.74, 6) is -1.04. The van der Waals surface area contributed by atoms with Crippen LogP contribution in [0.5, 0.6) is 0 Å². The van der Waals surface area contributed by atoms with Gasteiger partial charge in [-0.2, -0.15) is 0 Å². The Morgan fingerprint density at radius 3 is 2.64 bits per heavy atom. The van der Waals surface area contributed by atoms with Crippen molar-refractivity contribution in [3.8, 4) is 0 Å². The number of hydrogen-bond donors (Lipinski definition) is 2. The van der Waals surface area contributed by atoms with Crippen molar-refractivity contribution in [2.45, 2.75) is 32.2 Å². The molecule has 0 saturated heterocycles. The first-order valence-electron chi connectivity index (χ1n) is 4.56. The van der Waals surface area contributed by atoms with Gasteiger partial charge in [0.1, 0.15) is 0 Å². The van der Waals surface area contributed by atoms with E-state index in [1.807, 2.05) is 0 Å². The van der Waals surface area contributed by atoms with E-state index in [-0.39, 0.29) is 18.4 Å². The van der Waals surface area contributed by atoms with Crippen molar-refractivity contribution in [3.63, 3.8) is 0 Å². The molecule has 5 nitrogen and oxygen atoms in total. The minimum absolute atomic E-state index is 0.0456. The average Bonchev–Trinajstić information content (AvgIpc) is 2.02. The van der Waals surface area contributed by atoms with Crippen molar-refractivity contribution in [1.82, 2.24) is 5.32 Å². The van der Waals surface area contributed by atoms with Crippen molar-refractivity contribution in [2.75, 3.05) is 13.7 Å². The Morgan fingerprint density at radius 1 is 1.50 bits per heavy atom. The third kappa shape index (κ3) is 7.54. The summed E-state index contributed by atoms with van der Waals surface area (Å²) >= 11 is 0. The Morgan fingerprint density at radius 2 is 2.14 bits per heavy atom. The predicted molar refractivity (Wildman–Crippen MR) is 51.0 cm³/mol. The lowest BCUT2D eigenvalue weighted by atomic mass is 10.2. The largest absolute Gasteiger partial charge is 0.481 e. The molecule has 0 saturated carbocycles. The normalized spacial score (nSPS) is 12.1. The number of hydrogen-bond acceptors (Lipinski definition) is 3. The number of carboxylic acids is 1. The molecule has 1 amide bonds. The van der Waals surface area contributed by atoms with Gasteiger partial charge in [-0.25, -0.2) is 0 Å². The molecular weight excluding hydrogens is 186 g/mol. The van der Waals surface area contributed by atoms with E-state index in [0.29, 0.717) is 19.4 Å². The van der Waals surface area contributed by atoms with Crippen LogP contribution in [0.1, 0.15) is 26.2 Å². The molecule has 0 aromatic heterocycles. The lowest BCUT2D eigenvalue weighted by Crippen LogP contribution is -2.34. The van der Waals surface area contributed by atoms with Crippen LogP contribution in [0.25, 0.3) is 0 Å². The lowest BCUT2D eigenvalue weighted by molar-refractivity contribution is -0.137. The highest BCUT2D eigenvalue weighted by Gasteiger charge is 2.10. The zero-order valence-corrected chi connectivity index (χ0v) is 8.58. The number of carboxylic acid groups (broad SMARTS) is 1. The fourth-order valence-electron chi connectivity index (χ4n) is 1.04. The molecule has 1 atom stereocenters. The van der Waals surface area contributed by atoms with Crippen molar-refractivity contribution in [2.24, 2.45) is 0 Å². The molecule has 0 rings (SSSR count). The van der Waals surface area contributed by atoms with E-state index in [1.54, 1.807) is 14.0 Å². The van der Waals surface area contributed by atoms with Crippen LogP contribution in [-0.4, -0.2) is 36.7 Å². The van der Waals surface area contributed by atoms with E-state index >= 15 is 0 Å². The van der Waals surface area contributed by atoms with Crippen LogP contribution in [0.2, 0.25) is 0 Å². The number of carbonyl (C=O) groups is 2. The van der Waals surface area contributed by atoms with Gasteiger partial charge in [-0.1, -0.05) is 0 Å². The number of aliphatic carboxylic acids is 1. The molecule has 82 valence electrons. The van der Waals surface area contributed by atoms with E-state index in [4.69, 9.17) is 9.84 Å². The smallest absolute Gasteiger partial charge is 0.305 e. The lowest BCUT2D eigenvalue weighted by Gasteiger charge is -2.10. The number of nitrogens with one attached hydrogen (secondary N) is 1. The second-order valence-electron chi connectivity index (χ2n) is 3.16. The Bertz CT molecular complexity index is 193. The molecule has 2 N–H and O–H groups in total. The van der Waals surface area contributed by atoms with Crippen LogP contribution in [0.3, 0.4) is 0 Å².